The third-order valence-corrected chi connectivity index (χ3v) is 2.90. The van der Waals surface area contributed by atoms with E-state index >= 15 is 0 Å². The molecule has 0 fully saturated rings. The summed E-state index contributed by atoms with van der Waals surface area (Å²) in [5, 5.41) is 2.94. The second-order valence-corrected chi connectivity index (χ2v) is 6.26. The lowest BCUT2D eigenvalue weighted by molar-refractivity contribution is -0.116. The fourth-order valence-electron chi connectivity index (χ4n) is 1.33. The van der Waals surface area contributed by atoms with Gasteiger partial charge in [-0.2, -0.15) is 0 Å². The van der Waals surface area contributed by atoms with Crippen molar-refractivity contribution in [2.24, 2.45) is 0 Å². The molecule has 2 N–H and O–H groups in total. The zero-order valence-corrected chi connectivity index (χ0v) is 10.1. The van der Waals surface area contributed by atoms with E-state index in [0.717, 1.165) is 5.56 Å². The summed E-state index contributed by atoms with van der Waals surface area (Å²) in [4.78, 5) is 20.3. The number of nitrogens with one attached hydrogen (secondary N) is 1. The van der Waals surface area contributed by atoms with Gasteiger partial charge in [-0.1, -0.05) is 30.3 Å². The lowest BCUT2D eigenvalue weighted by Crippen LogP contribution is -2.24. The summed E-state index contributed by atoms with van der Waals surface area (Å²) in [5.41, 5.74) is 1.08. The normalized spacial score (nSPS) is 14.4. The Morgan fingerprint density at radius 3 is 2.56 bits per heavy atom. The second-order valence-electron chi connectivity index (χ2n) is 3.84. The van der Waals surface area contributed by atoms with Crippen LogP contribution in [0.25, 0.3) is 0 Å². The van der Waals surface area contributed by atoms with Crippen molar-refractivity contribution in [1.82, 2.24) is 5.32 Å². The molecule has 4 nitrogen and oxygen atoms in total. The van der Waals surface area contributed by atoms with Crippen molar-refractivity contribution < 1.29 is 14.3 Å². The Morgan fingerprint density at radius 1 is 1.38 bits per heavy atom. The van der Waals surface area contributed by atoms with Crippen molar-refractivity contribution >= 4 is 13.2 Å². The van der Waals surface area contributed by atoms with Crippen LogP contribution in [0.3, 0.4) is 0 Å². The topological polar surface area (TPSA) is 66.4 Å². The van der Waals surface area contributed by atoms with Gasteiger partial charge in [0.1, 0.15) is 0 Å². The molecule has 0 amide bonds. The van der Waals surface area contributed by atoms with Crippen LogP contribution in [0.5, 0.6) is 0 Å². The summed E-state index contributed by atoms with van der Waals surface area (Å²) < 4.78 is 11.0. The molecule has 1 rings (SSSR count). The zero-order valence-electron chi connectivity index (χ0n) is 9.22. The quantitative estimate of drug-likeness (QED) is 0.735. The van der Waals surface area contributed by atoms with Crippen LogP contribution in [-0.2, 0) is 15.9 Å². The van der Waals surface area contributed by atoms with E-state index < -0.39 is 7.37 Å². The summed E-state index contributed by atoms with van der Waals surface area (Å²) in [5.74, 6) is -0.232. The smallest absolute Gasteiger partial charge is 0.204 e. The molecule has 5 heteroatoms. The maximum Gasteiger partial charge on any atom is 0.204 e. The first-order valence-corrected chi connectivity index (χ1v) is 7.32. The van der Waals surface area contributed by atoms with Gasteiger partial charge in [-0.05, 0) is 5.56 Å². The first-order valence-electron chi connectivity index (χ1n) is 5.03. The van der Waals surface area contributed by atoms with Gasteiger partial charge in [-0.3, -0.25) is 9.36 Å². The molecule has 1 atom stereocenters. The number of ketones is 1. The number of hydrogen-bond donors (Lipinski definition) is 2. The van der Waals surface area contributed by atoms with Crippen molar-refractivity contribution in [2.45, 2.75) is 6.54 Å². The van der Waals surface area contributed by atoms with Crippen LogP contribution < -0.4 is 5.32 Å². The van der Waals surface area contributed by atoms with E-state index in [1.807, 2.05) is 30.3 Å². The van der Waals surface area contributed by atoms with Crippen LogP contribution >= 0.6 is 7.37 Å². The highest BCUT2D eigenvalue weighted by atomic mass is 31.2. The summed E-state index contributed by atoms with van der Waals surface area (Å²) >= 11 is 0. The van der Waals surface area contributed by atoms with Crippen molar-refractivity contribution in [3.63, 3.8) is 0 Å². The van der Waals surface area contributed by atoms with E-state index in [2.05, 4.69) is 5.32 Å². The molecule has 0 saturated heterocycles. The Balaban J connectivity index is 2.26. The Bertz CT molecular complexity index is 385. The standard InChI is InChI=1S/C11H16NO3P/c1-16(14,15)9-11(13)8-12-7-10-5-3-2-4-6-10/h2-6,12H,7-9H2,1H3,(H,14,15). The van der Waals surface area contributed by atoms with Crippen LogP contribution in [0.2, 0.25) is 0 Å². The zero-order chi connectivity index (χ0) is 12.0. The molecule has 0 aromatic heterocycles. The Labute approximate surface area is 95.1 Å². The molecule has 1 aromatic rings. The van der Waals surface area contributed by atoms with Crippen LogP contribution in [0.15, 0.2) is 30.3 Å². The predicted molar refractivity (Wildman–Crippen MR) is 63.8 cm³/mol. The van der Waals surface area contributed by atoms with Crippen molar-refractivity contribution in [3.05, 3.63) is 35.9 Å². The van der Waals surface area contributed by atoms with E-state index in [1.54, 1.807) is 0 Å². The summed E-state index contributed by atoms with van der Waals surface area (Å²) in [6.07, 6.45) is -0.255. The summed E-state index contributed by atoms with van der Waals surface area (Å²) in [6, 6.07) is 9.68. The maximum absolute atomic E-state index is 11.3. The van der Waals surface area contributed by atoms with Gasteiger partial charge >= 0.3 is 0 Å². The largest absolute Gasteiger partial charge is 0.344 e. The van der Waals surface area contributed by atoms with Crippen molar-refractivity contribution in [3.8, 4) is 0 Å². The molecule has 16 heavy (non-hydrogen) atoms. The van der Waals surface area contributed by atoms with E-state index in [4.69, 9.17) is 4.89 Å². The SMILES string of the molecule is CP(=O)(O)CC(=O)CNCc1ccccc1. The van der Waals surface area contributed by atoms with E-state index in [0.29, 0.717) is 6.54 Å². The summed E-state index contributed by atoms with van der Waals surface area (Å²) in [7, 11) is -3.22. The van der Waals surface area contributed by atoms with Gasteiger partial charge in [-0.15, -0.1) is 0 Å². The first kappa shape index (κ1) is 13.1. The van der Waals surface area contributed by atoms with Crippen LogP contribution in [-0.4, -0.2) is 30.0 Å². The predicted octanol–water partition coefficient (Wildman–Crippen LogP) is 1.25. The highest BCUT2D eigenvalue weighted by Crippen LogP contribution is 2.34. The average molecular weight is 241 g/mol. The van der Waals surface area contributed by atoms with Crippen molar-refractivity contribution in [2.75, 3.05) is 19.4 Å². The number of rotatable bonds is 6. The molecule has 0 aliphatic heterocycles. The van der Waals surface area contributed by atoms with Gasteiger partial charge in [0.15, 0.2) is 5.78 Å². The highest BCUT2D eigenvalue weighted by Gasteiger charge is 2.15. The molecule has 1 aromatic carbocycles. The molecule has 0 aliphatic carbocycles. The number of carbonyl (C=O) groups is 1. The van der Waals surface area contributed by atoms with Crippen molar-refractivity contribution in [1.29, 1.82) is 0 Å². The molecule has 0 radical (unpaired) electrons. The lowest BCUT2D eigenvalue weighted by atomic mass is 10.2. The molecule has 0 saturated carbocycles. The Hall–Kier alpha value is -0.960. The maximum atomic E-state index is 11.3. The monoisotopic (exact) mass is 241 g/mol. The molecule has 88 valence electrons. The van der Waals surface area contributed by atoms with Gasteiger partial charge < -0.3 is 10.2 Å². The van der Waals surface area contributed by atoms with Gasteiger partial charge in [-0.25, -0.2) is 0 Å². The number of benzene rings is 1. The molecule has 0 spiro atoms. The Kier molecular flexibility index (Phi) is 4.87. The molecule has 1 unspecified atom stereocenters. The second kappa shape index (κ2) is 5.94. The number of Topliss-reactive ketones (excluding diaryl/α,β-unsaturated/α-hetero) is 1. The minimum absolute atomic E-state index is 0.132. The minimum Gasteiger partial charge on any atom is -0.344 e. The van der Waals surface area contributed by atoms with Crippen LogP contribution in [0.1, 0.15) is 5.56 Å². The van der Waals surface area contributed by atoms with E-state index in [9.17, 15) is 9.36 Å². The number of hydrogen-bond acceptors (Lipinski definition) is 3. The fourth-order valence-corrected chi connectivity index (χ4v) is 2.09. The highest BCUT2D eigenvalue weighted by molar-refractivity contribution is 7.58. The van der Waals surface area contributed by atoms with Crippen LogP contribution in [0.4, 0.5) is 0 Å². The molecular weight excluding hydrogens is 225 g/mol. The molecule has 0 bridgehead atoms. The minimum atomic E-state index is -3.22. The first-order chi connectivity index (χ1) is 7.47. The average Bonchev–Trinajstić information content (AvgIpc) is 2.16. The Morgan fingerprint density at radius 2 is 2.00 bits per heavy atom. The molecule has 0 heterocycles. The van der Waals surface area contributed by atoms with Crippen LogP contribution in [0, 0.1) is 0 Å². The van der Waals surface area contributed by atoms with Gasteiger partial charge in [0, 0.05) is 13.2 Å². The fraction of sp³-hybridized carbons (Fsp3) is 0.364. The van der Waals surface area contributed by atoms with Gasteiger partial charge in [0.25, 0.3) is 0 Å². The van der Waals surface area contributed by atoms with E-state index in [-0.39, 0.29) is 18.5 Å². The third-order valence-electron chi connectivity index (χ3n) is 1.96. The van der Waals surface area contributed by atoms with Gasteiger partial charge in [0.2, 0.25) is 7.37 Å². The molecular formula is C11H16NO3P. The number of carbonyl (C=O) groups excluding carboxylic acids is 1. The van der Waals surface area contributed by atoms with Gasteiger partial charge in [0.05, 0.1) is 12.7 Å². The third kappa shape index (κ3) is 5.81. The van der Waals surface area contributed by atoms with E-state index in [1.165, 1.54) is 6.66 Å². The summed E-state index contributed by atoms with van der Waals surface area (Å²) in [6.45, 7) is 1.92. The lowest BCUT2D eigenvalue weighted by Gasteiger charge is -2.06. The molecule has 0 aliphatic rings.